The highest BCUT2D eigenvalue weighted by molar-refractivity contribution is 6.00. The molecule has 0 atom stereocenters. The number of hydrogen-bond donors (Lipinski definition) is 0. The van der Waals surface area contributed by atoms with Crippen molar-refractivity contribution in [3.63, 3.8) is 0 Å². The molecule has 0 unspecified atom stereocenters. The van der Waals surface area contributed by atoms with Crippen LogP contribution in [0, 0.1) is 0 Å². The van der Waals surface area contributed by atoms with Crippen molar-refractivity contribution in [2.75, 3.05) is 0 Å². The van der Waals surface area contributed by atoms with Gasteiger partial charge in [-0.3, -0.25) is 14.5 Å². The Morgan fingerprint density at radius 2 is 1.93 bits per heavy atom. The van der Waals surface area contributed by atoms with Crippen LogP contribution in [-0.4, -0.2) is 22.8 Å². The van der Waals surface area contributed by atoms with Gasteiger partial charge < -0.3 is 0 Å². The van der Waals surface area contributed by atoms with E-state index in [0.717, 1.165) is 0 Å². The van der Waals surface area contributed by atoms with E-state index >= 15 is 0 Å². The zero-order chi connectivity index (χ0) is 10.6. The van der Waals surface area contributed by atoms with E-state index in [-0.39, 0.29) is 19.3 Å². The number of hydrogen-bond acceptors (Lipinski definition) is 5. The number of carbonyl (C=O) groups is 3. The van der Waals surface area contributed by atoms with Gasteiger partial charge in [-0.2, -0.15) is 0 Å². The summed E-state index contributed by atoms with van der Waals surface area (Å²) in [5, 5.41) is 0.480. The van der Waals surface area contributed by atoms with E-state index in [0.29, 0.717) is 11.5 Å². The van der Waals surface area contributed by atoms with Crippen molar-refractivity contribution >= 4 is 17.8 Å². The maximum Gasteiger partial charge on any atom is 0.345 e. The van der Waals surface area contributed by atoms with Gasteiger partial charge in [0.1, 0.15) is 0 Å². The summed E-state index contributed by atoms with van der Waals surface area (Å²) >= 11 is 0. The Labute approximate surface area is 80.6 Å². The molecule has 1 rings (SSSR count). The van der Waals surface area contributed by atoms with Gasteiger partial charge in [0, 0.05) is 19.3 Å². The van der Waals surface area contributed by atoms with Crippen LogP contribution in [-0.2, 0) is 24.3 Å². The number of nitrogens with zero attached hydrogens (tertiary/aromatic N) is 1. The summed E-state index contributed by atoms with van der Waals surface area (Å²) < 4.78 is 0. The highest BCUT2D eigenvalue weighted by atomic mass is 17.3. The Bertz CT molecular complexity index is 246. The van der Waals surface area contributed by atoms with Crippen LogP contribution in [0.15, 0.2) is 0 Å². The second-order valence-corrected chi connectivity index (χ2v) is 2.86. The lowest BCUT2D eigenvalue weighted by molar-refractivity contribution is -0.365. The van der Waals surface area contributed by atoms with E-state index in [1.165, 1.54) is 0 Å². The number of amides is 2. The van der Waals surface area contributed by atoms with E-state index in [2.05, 4.69) is 9.88 Å². The Kier molecular flexibility index (Phi) is 3.58. The van der Waals surface area contributed by atoms with Crippen molar-refractivity contribution in [2.45, 2.75) is 32.6 Å². The van der Waals surface area contributed by atoms with Crippen molar-refractivity contribution in [3.8, 4) is 0 Å². The monoisotopic (exact) mass is 201 g/mol. The molecule has 1 aliphatic rings. The lowest BCUT2D eigenvalue weighted by Crippen LogP contribution is -2.30. The van der Waals surface area contributed by atoms with Crippen molar-refractivity contribution < 1.29 is 24.3 Å². The van der Waals surface area contributed by atoms with E-state index in [4.69, 9.17) is 0 Å². The van der Waals surface area contributed by atoms with Crippen LogP contribution in [0.3, 0.4) is 0 Å². The predicted molar refractivity (Wildman–Crippen MR) is 43.2 cm³/mol. The first-order chi connectivity index (χ1) is 6.65. The fourth-order valence-corrected chi connectivity index (χ4v) is 0.964. The highest BCUT2D eigenvalue weighted by Crippen LogP contribution is 2.12. The second-order valence-electron chi connectivity index (χ2n) is 2.86. The second kappa shape index (κ2) is 4.71. The normalized spacial score (nSPS) is 16.2. The first-order valence-corrected chi connectivity index (χ1v) is 4.38. The third-order valence-electron chi connectivity index (χ3n) is 1.66. The van der Waals surface area contributed by atoms with Gasteiger partial charge in [0.2, 0.25) is 0 Å². The quantitative estimate of drug-likeness (QED) is 0.372. The molecule has 1 aliphatic heterocycles. The molecule has 0 N–H and O–H groups in total. The van der Waals surface area contributed by atoms with Crippen molar-refractivity contribution in [1.82, 2.24) is 5.06 Å². The van der Waals surface area contributed by atoms with Crippen LogP contribution >= 0.6 is 0 Å². The molecular formula is C8H11NO5. The van der Waals surface area contributed by atoms with Crippen LogP contribution < -0.4 is 0 Å². The fourth-order valence-electron chi connectivity index (χ4n) is 0.964. The molecule has 0 bridgehead atoms. The van der Waals surface area contributed by atoms with Crippen LogP contribution in [0.25, 0.3) is 0 Å². The molecule has 0 aromatic heterocycles. The Morgan fingerprint density at radius 3 is 2.43 bits per heavy atom. The fraction of sp³-hybridized carbons (Fsp3) is 0.625. The minimum atomic E-state index is -0.597. The molecule has 0 aromatic carbocycles. The van der Waals surface area contributed by atoms with Gasteiger partial charge in [-0.15, -0.1) is 5.06 Å². The third kappa shape index (κ3) is 2.53. The number of imide groups is 1. The molecule has 0 spiro atoms. The number of hydroxylamine groups is 2. The van der Waals surface area contributed by atoms with Gasteiger partial charge in [-0.05, 0) is 11.4 Å². The molecule has 78 valence electrons. The molecule has 1 fully saturated rings. The molecule has 14 heavy (non-hydrogen) atoms. The van der Waals surface area contributed by atoms with Crippen molar-refractivity contribution in [2.24, 2.45) is 0 Å². The molecule has 1 heterocycles. The summed E-state index contributed by atoms with van der Waals surface area (Å²) in [6, 6.07) is 0. The van der Waals surface area contributed by atoms with Gasteiger partial charge >= 0.3 is 5.97 Å². The summed E-state index contributed by atoms with van der Waals surface area (Å²) in [7, 11) is 0. The molecule has 0 aliphatic carbocycles. The average Bonchev–Trinajstić information content (AvgIpc) is 2.44. The van der Waals surface area contributed by atoms with E-state index < -0.39 is 17.8 Å². The SMILES string of the molecule is CCCC(=O)OON1C(=O)CCC1=O. The van der Waals surface area contributed by atoms with E-state index in [1.807, 2.05) is 0 Å². The molecule has 1 saturated heterocycles. The largest absolute Gasteiger partial charge is 0.345 e. The smallest absolute Gasteiger partial charge is 0.274 e. The third-order valence-corrected chi connectivity index (χ3v) is 1.66. The summed E-state index contributed by atoms with van der Waals surface area (Å²) in [6.45, 7) is 1.80. The van der Waals surface area contributed by atoms with Gasteiger partial charge in [0.05, 0.1) is 0 Å². The molecule has 0 saturated carbocycles. The molecular weight excluding hydrogens is 190 g/mol. The molecule has 6 nitrogen and oxygen atoms in total. The first-order valence-electron chi connectivity index (χ1n) is 4.38. The summed E-state index contributed by atoms with van der Waals surface area (Å²) in [6.07, 6.45) is 1.01. The number of carbonyl (C=O) groups excluding carboxylic acids is 3. The minimum Gasteiger partial charge on any atom is -0.274 e. The maximum absolute atomic E-state index is 10.9. The van der Waals surface area contributed by atoms with E-state index in [9.17, 15) is 14.4 Å². The van der Waals surface area contributed by atoms with Gasteiger partial charge in [-0.1, -0.05) is 6.92 Å². The van der Waals surface area contributed by atoms with E-state index in [1.54, 1.807) is 6.92 Å². The summed E-state index contributed by atoms with van der Waals surface area (Å²) in [5.74, 6) is -1.57. The standard InChI is InChI=1S/C8H11NO5/c1-2-3-8(12)13-14-9-6(10)4-5-7(9)11/h2-5H2,1H3. The van der Waals surface area contributed by atoms with Crippen LogP contribution in [0.4, 0.5) is 0 Å². The highest BCUT2D eigenvalue weighted by Gasteiger charge is 2.32. The average molecular weight is 201 g/mol. The molecule has 2 amide bonds. The lowest BCUT2D eigenvalue weighted by atomic mass is 10.3. The first kappa shape index (κ1) is 10.6. The molecule has 0 radical (unpaired) electrons. The lowest BCUT2D eigenvalue weighted by Gasteiger charge is -2.09. The Balaban J connectivity index is 2.33. The number of rotatable bonds is 4. The topological polar surface area (TPSA) is 72.9 Å². The van der Waals surface area contributed by atoms with Gasteiger partial charge in [0.15, 0.2) is 0 Å². The van der Waals surface area contributed by atoms with Crippen molar-refractivity contribution in [3.05, 3.63) is 0 Å². The van der Waals surface area contributed by atoms with Crippen molar-refractivity contribution in [1.29, 1.82) is 0 Å². The zero-order valence-electron chi connectivity index (χ0n) is 7.82. The van der Waals surface area contributed by atoms with Crippen LogP contribution in [0.1, 0.15) is 32.6 Å². The predicted octanol–water partition coefficient (Wildman–Crippen LogP) is 0.325. The zero-order valence-corrected chi connectivity index (χ0v) is 7.82. The molecule has 6 heteroatoms. The summed E-state index contributed by atoms with van der Waals surface area (Å²) in [5.41, 5.74) is 0. The minimum absolute atomic E-state index is 0.101. The van der Waals surface area contributed by atoms with Gasteiger partial charge in [-0.25, -0.2) is 4.79 Å². The summed E-state index contributed by atoms with van der Waals surface area (Å²) in [4.78, 5) is 41.3. The maximum atomic E-state index is 10.9. The van der Waals surface area contributed by atoms with Crippen LogP contribution in [0.2, 0.25) is 0 Å². The Morgan fingerprint density at radius 1 is 1.36 bits per heavy atom. The van der Waals surface area contributed by atoms with Gasteiger partial charge in [0.25, 0.3) is 11.8 Å². The van der Waals surface area contributed by atoms with Crippen LogP contribution in [0.5, 0.6) is 0 Å². The Hall–Kier alpha value is -1.43. The molecule has 0 aromatic rings.